The van der Waals surface area contributed by atoms with Gasteiger partial charge in [0, 0.05) is 34.1 Å². The SMILES string of the molecule is O=C(NCc1ccc(Cl)cc1)C1CCN(Cc2ccc(Cl)cc2Cl)CC1. The van der Waals surface area contributed by atoms with Crippen molar-refractivity contribution in [3.63, 3.8) is 0 Å². The first-order valence-corrected chi connectivity index (χ1v) is 9.83. The average molecular weight is 412 g/mol. The average Bonchev–Trinajstić information content (AvgIpc) is 2.64. The number of benzene rings is 2. The summed E-state index contributed by atoms with van der Waals surface area (Å²) in [6.45, 7) is 3.10. The number of hydrogen-bond acceptors (Lipinski definition) is 2. The van der Waals surface area contributed by atoms with Crippen LogP contribution in [0.1, 0.15) is 24.0 Å². The molecule has 1 N–H and O–H groups in total. The van der Waals surface area contributed by atoms with Gasteiger partial charge in [-0.2, -0.15) is 0 Å². The van der Waals surface area contributed by atoms with Crippen LogP contribution < -0.4 is 5.32 Å². The third-order valence-corrected chi connectivity index (χ3v) is 5.59. The predicted octanol–water partition coefficient (Wildman–Crippen LogP) is 5.18. The molecule has 2 aromatic carbocycles. The fourth-order valence-corrected chi connectivity index (χ4v) is 3.77. The van der Waals surface area contributed by atoms with E-state index in [9.17, 15) is 4.79 Å². The second-order valence-corrected chi connectivity index (χ2v) is 7.91. The normalized spacial score (nSPS) is 15.8. The molecule has 1 fully saturated rings. The summed E-state index contributed by atoms with van der Waals surface area (Å²) in [5.41, 5.74) is 2.12. The van der Waals surface area contributed by atoms with Gasteiger partial charge in [-0.1, -0.05) is 53.0 Å². The van der Waals surface area contributed by atoms with Crippen LogP contribution in [0.4, 0.5) is 0 Å². The number of carbonyl (C=O) groups excluding carboxylic acids is 1. The van der Waals surface area contributed by atoms with Crippen molar-refractivity contribution >= 4 is 40.7 Å². The van der Waals surface area contributed by atoms with E-state index in [1.54, 1.807) is 6.07 Å². The molecule has 1 heterocycles. The third-order valence-electron chi connectivity index (χ3n) is 4.75. The maximum Gasteiger partial charge on any atom is 0.223 e. The van der Waals surface area contributed by atoms with E-state index in [1.807, 2.05) is 36.4 Å². The Kier molecular flexibility index (Phi) is 6.82. The van der Waals surface area contributed by atoms with Crippen molar-refractivity contribution < 1.29 is 4.79 Å². The zero-order valence-corrected chi connectivity index (χ0v) is 16.6. The zero-order valence-electron chi connectivity index (χ0n) is 14.4. The molecule has 1 amide bonds. The summed E-state index contributed by atoms with van der Waals surface area (Å²) in [6, 6.07) is 13.1. The van der Waals surface area contributed by atoms with Gasteiger partial charge in [0.15, 0.2) is 0 Å². The Morgan fingerprint density at radius 1 is 1.00 bits per heavy atom. The molecule has 2 aromatic rings. The van der Waals surface area contributed by atoms with Crippen LogP contribution in [-0.4, -0.2) is 23.9 Å². The van der Waals surface area contributed by atoms with Crippen LogP contribution in [0.2, 0.25) is 15.1 Å². The minimum Gasteiger partial charge on any atom is -0.352 e. The molecule has 0 radical (unpaired) electrons. The molecular weight excluding hydrogens is 391 g/mol. The first kappa shape index (κ1) is 19.5. The Morgan fingerprint density at radius 3 is 2.31 bits per heavy atom. The van der Waals surface area contributed by atoms with Crippen LogP contribution in [0.15, 0.2) is 42.5 Å². The second-order valence-electron chi connectivity index (χ2n) is 6.63. The number of nitrogens with one attached hydrogen (secondary N) is 1. The van der Waals surface area contributed by atoms with Gasteiger partial charge in [-0.15, -0.1) is 0 Å². The van der Waals surface area contributed by atoms with Gasteiger partial charge >= 0.3 is 0 Å². The van der Waals surface area contributed by atoms with Gasteiger partial charge in [0.2, 0.25) is 5.91 Å². The highest BCUT2D eigenvalue weighted by molar-refractivity contribution is 6.35. The summed E-state index contributed by atoms with van der Waals surface area (Å²) >= 11 is 18.1. The molecule has 1 saturated heterocycles. The minimum atomic E-state index is 0.0687. The highest BCUT2D eigenvalue weighted by Crippen LogP contribution is 2.25. The number of likely N-dealkylation sites (tertiary alicyclic amines) is 1. The second kappa shape index (κ2) is 9.09. The molecule has 0 aromatic heterocycles. The lowest BCUT2D eigenvalue weighted by molar-refractivity contribution is -0.126. The van der Waals surface area contributed by atoms with E-state index in [1.165, 1.54) is 0 Å². The maximum atomic E-state index is 12.4. The smallest absolute Gasteiger partial charge is 0.223 e. The fourth-order valence-electron chi connectivity index (χ4n) is 3.18. The molecule has 0 spiro atoms. The highest BCUT2D eigenvalue weighted by Gasteiger charge is 2.25. The number of hydrogen-bond donors (Lipinski definition) is 1. The van der Waals surface area contributed by atoms with Crippen molar-refractivity contribution in [3.05, 3.63) is 68.7 Å². The molecule has 0 aliphatic carbocycles. The molecule has 1 aliphatic heterocycles. The number of halogens is 3. The summed E-state index contributed by atoms with van der Waals surface area (Å²) in [5, 5.41) is 5.08. The lowest BCUT2D eigenvalue weighted by Crippen LogP contribution is -2.40. The van der Waals surface area contributed by atoms with Crippen LogP contribution >= 0.6 is 34.8 Å². The number of nitrogens with zero attached hydrogens (tertiary/aromatic N) is 1. The molecule has 26 heavy (non-hydrogen) atoms. The summed E-state index contributed by atoms with van der Waals surface area (Å²) in [4.78, 5) is 14.7. The summed E-state index contributed by atoms with van der Waals surface area (Å²) in [6.07, 6.45) is 1.72. The van der Waals surface area contributed by atoms with Crippen LogP contribution in [0.3, 0.4) is 0 Å². The Bertz CT molecular complexity index is 756. The lowest BCUT2D eigenvalue weighted by Gasteiger charge is -2.31. The van der Waals surface area contributed by atoms with Gasteiger partial charge in [0.1, 0.15) is 0 Å². The van der Waals surface area contributed by atoms with E-state index in [2.05, 4.69) is 10.2 Å². The van der Waals surface area contributed by atoms with E-state index in [0.717, 1.165) is 43.6 Å². The first-order valence-electron chi connectivity index (χ1n) is 8.69. The van der Waals surface area contributed by atoms with Crippen molar-refractivity contribution in [1.82, 2.24) is 10.2 Å². The topological polar surface area (TPSA) is 32.3 Å². The Balaban J connectivity index is 1.45. The van der Waals surface area contributed by atoms with Gasteiger partial charge < -0.3 is 5.32 Å². The molecular formula is C20H21Cl3N2O. The fraction of sp³-hybridized carbons (Fsp3) is 0.350. The Morgan fingerprint density at radius 2 is 1.65 bits per heavy atom. The molecule has 0 saturated carbocycles. The number of amides is 1. The standard InChI is InChI=1S/C20H21Cl3N2O/c21-17-4-1-14(2-5-17)12-24-20(26)15-7-9-25(10-8-15)13-16-3-6-18(22)11-19(16)23/h1-6,11,15H,7-10,12-13H2,(H,24,26). The number of rotatable bonds is 5. The van der Waals surface area contributed by atoms with Crippen LogP contribution in [0.5, 0.6) is 0 Å². The van der Waals surface area contributed by atoms with Crippen LogP contribution in [0, 0.1) is 5.92 Å². The monoisotopic (exact) mass is 410 g/mol. The van der Waals surface area contributed by atoms with Gasteiger partial charge in [0.05, 0.1) is 0 Å². The highest BCUT2D eigenvalue weighted by atomic mass is 35.5. The van der Waals surface area contributed by atoms with Gasteiger partial charge in [-0.3, -0.25) is 9.69 Å². The molecule has 6 heteroatoms. The largest absolute Gasteiger partial charge is 0.352 e. The summed E-state index contributed by atoms with van der Waals surface area (Å²) < 4.78 is 0. The van der Waals surface area contributed by atoms with Crippen LogP contribution in [0.25, 0.3) is 0 Å². The van der Waals surface area contributed by atoms with Crippen LogP contribution in [-0.2, 0) is 17.9 Å². The van der Waals surface area contributed by atoms with E-state index in [4.69, 9.17) is 34.8 Å². The quantitative estimate of drug-likeness (QED) is 0.735. The Labute approximate surface area is 169 Å². The number of piperidine rings is 1. The molecule has 0 atom stereocenters. The van der Waals surface area contributed by atoms with E-state index >= 15 is 0 Å². The predicted molar refractivity (Wildman–Crippen MR) is 108 cm³/mol. The van der Waals surface area contributed by atoms with Gasteiger partial charge in [-0.25, -0.2) is 0 Å². The Hall–Kier alpha value is -1.26. The molecule has 0 unspecified atom stereocenters. The first-order chi connectivity index (χ1) is 12.5. The van der Waals surface area contributed by atoms with Crippen molar-refractivity contribution in [3.8, 4) is 0 Å². The van der Waals surface area contributed by atoms with E-state index in [-0.39, 0.29) is 11.8 Å². The molecule has 0 bridgehead atoms. The van der Waals surface area contributed by atoms with Crippen molar-refractivity contribution in [2.45, 2.75) is 25.9 Å². The molecule has 138 valence electrons. The maximum absolute atomic E-state index is 12.4. The van der Waals surface area contributed by atoms with Crippen molar-refractivity contribution in [2.75, 3.05) is 13.1 Å². The van der Waals surface area contributed by atoms with Crippen molar-refractivity contribution in [1.29, 1.82) is 0 Å². The van der Waals surface area contributed by atoms with Gasteiger partial charge in [-0.05, 0) is 61.3 Å². The van der Waals surface area contributed by atoms with E-state index < -0.39 is 0 Å². The molecule has 1 aliphatic rings. The zero-order chi connectivity index (χ0) is 18.5. The molecule has 3 nitrogen and oxygen atoms in total. The molecule has 3 rings (SSSR count). The lowest BCUT2D eigenvalue weighted by atomic mass is 9.95. The summed E-state index contributed by atoms with van der Waals surface area (Å²) in [5.74, 6) is 0.198. The minimum absolute atomic E-state index is 0.0687. The van der Waals surface area contributed by atoms with Crippen molar-refractivity contribution in [2.24, 2.45) is 5.92 Å². The van der Waals surface area contributed by atoms with E-state index in [0.29, 0.717) is 21.6 Å². The van der Waals surface area contributed by atoms with Gasteiger partial charge in [0.25, 0.3) is 0 Å². The number of carbonyl (C=O) groups is 1. The summed E-state index contributed by atoms with van der Waals surface area (Å²) in [7, 11) is 0. The third kappa shape index (κ3) is 5.37.